The molecular formula is C27H30N4O2. The number of hydrogen-bond donors (Lipinski definition) is 3. The molecule has 0 fully saturated rings. The van der Waals surface area contributed by atoms with Crippen LogP contribution in [0.25, 0.3) is 27.6 Å². The minimum atomic E-state index is -0.461. The Morgan fingerprint density at radius 1 is 1.18 bits per heavy atom. The molecule has 0 saturated carbocycles. The Bertz CT molecular complexity index is 1310. The van der Waals surface area contributed by atoms with Gasteiger partial charge in [0.25, 0.3) is 11.8 Å². The van der Waals surface area contributed by atoms with Gasteiger partial charge in [0.2, 0.25) is 0 Å². The summed E-state index contributed by atoms with van der Waals surface area (Å²) in [5.41, 5.74) is 13.5. The molecule has 0 bridgehead atoms. The van der Waals surface area contributed by atoms with E-state index in [0.29, 0.717) is 11.1 Å². The summed E-state index contributed by atoms with van der Waals surface area (Å²) in [5, 5.41) is 3.95. The van der Waals surface area contributed by atoms with Crippen molar-refractivity contribution in [2.75, 3.05) is 25.5 Å². The lowest BCUT2D eigenvalue weighted by Gasteiger charge is -2.21. The predicted molar refractivity (Wildman–Crippen MR) is 135 cm³/mol. The van der Waals surface area contributed by atoms with Gasteiger partial charge < -0.3 is 20.9 Å². The number of carbonyl (C=O) groups excluding carboxylic acids is 2. The lowest BCUT2D eigenvalue weighted by molar-refractivity contribution is -0.112. The highest BCUT2D eigenvalue weighted by Gasteiger charge is 2.19. The number of hydrogen-bond acceptors (Lipinski definition) is 3. The third-order valence-corrected chi connectivity index (χ3v) is 6.48. The topological polar surface area (TPSA) is 91.2 Å². The van der Waals surface area contributed by atoms with E-state index in [1.165, 1.54) is 5.57 Å². The van der Waals surface area contributed by atoms with Crippen LogP contribution in [0.4, 0.5) is 5.69 Å². The maximum atomic E-state index is 12.4. The summed E-state index contributed by atoms with van der Waals surface area (Å²) in [6, 6.07) is 11.7. The molecule has 0 aliphatic carbocycles. The minimum absolute atomic E-state index is 0.120. The lowest BCUT2D eigenvalue weighted by atomic mass is 9.94. The number of nitrogens with one attached hydrogen (secondary N) is 2. The van der Waals surface area contributed by atoms with Crippen LogP contribution in [0.2, 0.25) is 0 Å². The number of H-pyrrole nitrogens is 1. The number of fused-ring (bicyclic) bond motifs is 1. The second-order valence-corrected chi connectivity index (χ2v) is 8.64. The monoisotopic (exact) mass is 442 g/mol. The molecule has 0 spiro atoms. The van der Waals surface area contributed by atoms with Gasteiger partial charge in [-0.25, -0.2) is 0 Å². The number of nitrogens with zero attached hydrogens (tertiary/aromatic N) is 1. The van der Waals surface area contributed by atoms with Gasteiger partial charge >= 0.3 is 0 Å². The van der Waals surface area contributed by atoms with Gasteiger partial charge in [0.15, 0.2) is 0 Å². The van der Waals surface area contributed by atoms with Gasteiger partial charge in [0.05, 0.1) is 11.1 Å². The quantitative estimate of drug-likeness (QED) is 0.493. The number of aromatic amines is 1. The molecule has 4 rings (SSSR count). The fourth-order valence-electron chi connectivity index (χ4n) is 4.26. The molecule has 0 radical (unpaired) electrons. The first-order chi connectivity index (χ1) is 15.8. The van der Waals surface area contributed by atoms with Crippen LogP contribution >= 0.6 is 0 Å². The number of amides is 2. The molecule has 6 heteroatoms. The molecule has 33 heavy (non-hydrogen) atoms. The third-order valence-electron chi connectivity index (χ3n) is 6.48. The van der Waals surface area contributed by atoms with Crippen LogP contribution in [-0.2, 0) is 4.79 Å². The fraction of sp³-hybridized carbons (Fsp3) is 0.259. The van der Waals surface area contributed by atoms with E-state index in [1.54, 1.807) is 19.1 Å². The number of anilines is 1. The highest BCUT2D eigenvalue weighted by atomic mass is 16.2. The smallest absolute Gasteiger partial charge is 0.250 e. The first kappa shape index (κ1) is 22.6. The van der Waals surface area contributed by atoms with Crippen molar-refractivity contribution in [2.24, 2.45) is 5.73 Å². The Hall–Kier alpha value is -3.64. The van der Waals surface area contributed by atoms with E-state index < -0.39 is 5.91 Å². The Balaban J connectivity index is 1.85. The van der Waals surface area contributed by atoms with Gasteiger partial charge in [0, 0.05) is 35.4 Å². The van der Waals surface area contributed by atoms with Crippen molar-refractivity contribution in [3.8, 4) is 11.1 Å². The number of nitrogens with two attached hydrogens (primary N) is 1. The summed E-state index contributed by atoms with van der Waals surface area (Å²) in [6.07, 6.45) is 4.96. The molecule has 2 heterocycles. The van der Waals surface area contributed by atoms with E-state index in [-0.39, 0.29) is 5.91 Å². The van der Waals surface area contributed by atoms with Crippen molar-refractivity contribution in [1.29, 1.82) is 0 Å². The van der Waals surface area contributed by atoms with Crippen molar-refractivity contribution in [2.45, 2.75) is 27.2 Å². The summed E-state index contributed by atoms with van der Waals surface area (Å²) < 4.78 is 0. The van der Waals surface area contributed by atoms with E-state index in [9.17, 15) is 9.59 Å². The number of carbonyl (C=O) groups is 2. The SMILES string of the molecule is CC=C(C)C(=O)Nc1cccc(-c2ccc(C(N)=O)c3[nH]c(C4=CCN(C)CC4)cc23)c1C. The van der Waals surface area contributed by atoms with Crippen LogP contribution in [0, 0.1) is 6.92 Å². The molecule has 4 N–H and O–H groups in total. The predicted octanol–water partition coefficient (Wildman–Crippen LogP) is 4.87. The summed E-state index contributed by atoms with van der Waals surface area (Å²) >= 11 is 0. The zero-order valence-corrected chi connectivity index (χ0v) is 19.6. The molecule has 0 atom stereocenters. The molecule has 3 aromatic rings. The maximum absolute atomic E-state index is 12.4. The van der Waals surface area contributed by atoms with Crippen molar-refractivity contribution in [1.82, 2.24) is 9.88 Å². The van der Waals surface area contributed by atoms with E-state index in [2.05, 4.69) is 34.4 Å². The van der Waals surface area contributed by atoms with Gasteiger partial charge in [-0.05, 0) is 74.7 Å². The highest BCUT2D eigenvalue weighted by Crippen LogP contribution is 2.37. The molecule has 2 aromatic carbocycles. The summed E-state index contributed by atoms with van der Waals surface area (Å²) in [7, 11) is 2.11. The number of rotatable bonds is 5. The number of allylic oxidation sites excluding steroid dienone is 1. The highest BCUT2D eigenvalue weighted by molar-refractivity contribution is 6.11. The summed E-state index contributed by atoms with van der Waals surface area (Å²) in [4.78, 5) is 30.3. The molecule has 0 unspecified atom stereocenters. The van der Waals surface area contributed by atoms with Gasteiger partial charge in [-0.15, -0.1) is 0 Å². The van der Waals surface area contributed by atoms with Crippen LogP contribution in [0.15, 0.2) is 54.1 Å². The zero-order valence-electron chi connectivity index (χ0n) is 19.6. The second kappa shape index (κ2) is 9.08. The lowest BCUT2D eigenvalue weighted by Crippen LogP contribution is -2.23. The van der Waals surface area contributed by atoms with E-state index >= 15 is 0 Å². The summed E-state index contributed by atoms with van der Waals surface area (Å²) in [5.74, 6) is -0.582. The number of aromatic nitrogens is 1. The van der Waals surface area contributed by atoms with E-state index in [1.807, 2.05) is 38.1 Å². The van der Waals surface area contributed by atoms with Crippen LogP contribution in [0.3, 0.4) is 0 Å². The zero-order chi connectivity index (χ0) is 23.7. The van der Waals surface area contributed by atoms with Gasteiger partial charge in [-0.3, -0.25) is 9.59 Å². The van der Waals surface area contributed by atoms with Crippen LogP contribution in [0.5, 0.6) is 0 Å². The largest absolute Gasteiger partial charge is 0.366 e. The van der Waals surface area contributed by atoms with Crippen molar-refractivity contribution in [3.63, 3.8) is 0 Å². The number of primary amides is 1. The van der Waals surface area contributed by atoms with Crippen LogP contribution < -0.4 is 11.1 Å². The second-order valence-electron chi connectivity index (χ2n) is 8.64. The molecule has 1 aliphatic rings. The third kappa shape index (κ3) is 4.34. The van der Waals surface area contributed by atoms with Crippen molar-refractivity contribution in [3.05, 3.63) is 70.9 Å². The van der Waals surface area contributed by atoms with E-state index in [0.717, 1.165) is 58.5 Å². The van der Waals surface area contributed by atoms with E-state index in [4.69, 9.17) is 5.73 Å². The molecule has 6 nitrogen and oxygen atoms in total. The number of benzene rings is 2. The first-order valence-corrected chi connectivity index (χ1v) is 11.2. The molecule has 1 aromatic heterocycles. The Labute approximate surface area is 194 Å². The van der Waals surface area contributed by atoms with Gasteiger partial charge in [-0.2, -0.15) is 0 Å². The Morgan fingerprint density at radius 3 is 2.64 bits per heavy atom. The molecular weight excluding hydrogens is 412 g/mol. The van der Waals surface area contributed by atoms with Crippen molar-refractivity contribution >= 4 is 34.0 Å². The Kier molecular flexibility index (Phi) is 6.20. The van der Waals surface area contributed by atoms with Crippen molar-refractivity contribution < 1.29 is 9.59 Å². The number of likely N-dealkylation sites (N-methyl/N-ethyl adjacent to an activating group) is 1. The Morgan fingerprint density at radius 2 is 1.97 bits per heavy atom. The molecule has 170 valence electrons. The van der Waals surface area contributed by atoms with Crippen LogP contribution in [-0.4, -0.2) is 41.8 Å². The average Bonchev–Trinajstić information content (AvgIpc) is 3.25. The average molecular weight is 443 g/mol. The summed E-state index contributed by atoms with van der Waals surface area (Å²) in [6.45, 7) is 7.52. The normalized spacial score (nSPS) is 14.9. The fourth-order valence-corrected chi connectivity index (χ4v) is 4.26. The first-order valence-electron chi connectivity index (χ1n) is 11.2. The molecule has 1 aliphatic heterocycles. The van der Waals surface area contributed by atoms with Gasteiger partial charge in [0.1, 0.15) is 0 Å². The van der Waals surface area contributed by atoms with Crippen LogP contribution in [0.1, 0.15) is 41.9 Å². The molecule has 0 saturated heterocycles. The standard InChI is InChI=1S/C27H30N4O2/c1-5-16(2)27(33)30-23-8-6-7-19(17(23)3)20-9-10-21(26(28)32)25-22(20)15-24(29-25)18-11-13-31(4)14-12-18/h5-11,15,29H,12-14H2,1-4H3,(H2,28,32)(H,30,33). The molecule has 2 amide bonds. The maximum Gasteiger partial charge on any atom is 0.250 e. The minimum Gasteiger partial charge on any atom is -0.366 e. The van der Waals surface area contributed by atoms with Gasteiger partial charge in [-0.1, -0.05) is 30.4 Å².